The molecule has 2 N–H and O–H groups in total. The van der Waals surface area contributed by atoms with E-state index in [2.05, 4.69) is 0 Å². The molecule has 88 valence electrons. The molecule has 0 aliphatic heterocycles. The van der Waals surface area contributed by atoms with E-state index in [4.69, 9.17) is 4.74 Å². The van der Waals surface area contributed by atoms with Crippen LogP contribution in [0.25, 0.3) is 0 Å². The molecule has 17 heavy (non-hydrogen) atoms. The lowest BCUT2D eigenvalue weighted by molar-refractivity contribution is 0.411. The zero-order valence-corrected chi connectivity index (χ0v) is 9.55. The zero-order valence-electron chi connectivity index (χ0n) is 9.55. The van der Waals surface area contributed by atoms with Gasteiger partial charge >= 0.3 is 0 Å². The molecule has 0 spiro atoms. The molecule has 0 saturated carbocycles. The summed E-state index contributed by atoms with van der Waals surface area (Å²) in [5, 5.41) is 18.9. The predicted molar refractivity (Wildman–Crippen MR) is 65.6 cm³/mol. The molecule has 2 aromatic carbocycles. The average molecular weight is 230 g/mol. The van der Waals surface area contributed by atoms with Crippen molar-refractivity contribution in [1.29, 1.82) is 0 Å². The van der Waals surface area contributed by atoms with Gasteiger partial charge in [-0.3, -0.25) is 0 Å². The number of rotatable bonds is 3. The Morgan fingerprint density at radius 3 is 2.35 bits per heavy atom. The fourth-order valence-electron chi connectivity index (χ4n) is 1.66. The molecule has 0 atom stereocenters. The van der Waals surface area contributed by atoms with Crippen LogP contribution in [-0.4, -0.2) is 17.3 Å². The molecule has 0 fully saturated rings. The summed E-state index contributed by atoms with van der Waals surface area (Å²) in [6.07, 6.45) is 0.601. The topological polar surface area (TPSA) is 49.7 Å². The fourth-order valence-corrected chi connectivity index (χ4v) is 1.66. The number of aromatic hydroxyl groups is 2. The maximum atomic E-state index is 9.74. The Labute approximate surface area is 99.9 Å². The highest BCUT2D eigenvalue weighted by Crippen LogP contribution is 2.25. The van der Waals surface area contributed by atoms with E-state index >= 15 is 0 Å². The molecule has 0 saturated heterocycles. The lowest BCUT2D eigenvalue weighted by Gasteiger charge is -2.07. The molecule has 0 bridgehead atoms. The molecule has 0 heterocycles. The van der Waals surface area contributed by atoms with Gasteiger partial charge < -0.3 is 14.9 Å². The summed E-state index contributed by atoms with van der Waals surface area (Å²) in [5.74, 6) is 1.21. The average Bonchev–Trinajstić information content (AvgIpc) is 2.35. The van der Waals surface area contributed by atoms with Crippen LogP contribution >= 0.6 is 0 Å². The van der Waals surface area contributed by atoms with Crippen molar-refractivity contribution in [3.05, 3.63) is 53.6 Å². The second-order valence-corrected chi connectivity index (χ2v) is 3.84. The van der Waals surface area contributed by atoms with E-state index < -0.39 is 0 Å². The van der Waals surface area contributed by atoms with Crippen molar-refractivity contribution in [2.24, 2.45) is 0 Å². The fraction of sp³-hybridized carbons (Fsp3) is 0.143. The van der Waals surface area contributed by atoms with Crippen LogP contribution in [0.1, 0.15) is 11.1 Å². The second kappa shape index (κ2) is 4.78. The highest BCUT2D eigenvalue weighted by Gasteiger charge is 2.04. The van der Waals surface area contributed by atoms with Gasteiger partial charge in [0, 0.05) is 12.0 Å². The van der Waals surface area contributed by atoms with E-state index in [0.717, 1.165) is 16.9 Å². The van der Waals surface area contributed by atoms with Crippen LogP contribution in [0.5, 0.6) is 17.2 Å². The van der Waals surface area contributed by atoms with Crippen molar-refractivity contribution < 1.29 is 14.9 Å². The largest absolute Gasteiger partial charge is 0.508 e. The Kier molecular flexibility index (Phi) is 3.19. The molecule has 3 nitrogen and oxygen atoms in total. The molecule has 0 radical (unpaired) electrons. The van der Waals surface area contributed by atoms with Crippen molar-refractivity contribution in [3.63, 3.8) is 0 Å². The Morgan fingerprint density at radius 2 is 1.71 bits per heavy atom. The number of hydrogen-bond acceptors (Lipinski definition) is 3. The maximum absolute atomic E-state index is 9.74. The van der Waals surface area contributed by atoms with E-state index in [9.17, 15) is 10.2 Å². The number of ether oxygens (including phenoxy) is 1. The highest BCUT2D eigenvalue weighted by molar-refractivity contribution is 5.42. The zero-order chi connectivity index (χ0) is 12.3. The van der Waals surface area contributed by atoms with Gasteiger partial charge in [0.05, 0.1) is 7.11 Å². The van der Waals surface area contributed by atoms with Gasteiger partial charge in [0.2, 0.25) is 0 Å². The molecule has 2 rings (SSSR count). The molecule has 0 amide bonds. The van der Waals surface area contributed by atoms with Crippen molar-refractivity contribution in [2.45, 2.75) is 6.42 Å². The van der Waals surface area contributed by atoms with Crippen molar-refractivity contribution in [2.75, 3.05) is 7.11 Å². The molecule has 0 unspecified atom stereocenters. The lowest BCUT2D eigenvalue weighted by Crippen LogP contribution is -1.90. The third-order valence-electron chi connectivity index (χ3n) is 2.62. The monoisotopic (exact) mass is 230 g/mol. The number of phenolic OH excluding ortho intramolecular Hbond substituents is 2. The molecule has 0 aliphatic rings. The van der Waals surface area contributed by atoms with Crippen LogP contribution in [0.3, 0.4) is 0 Å². The van der Waals surface area contributed by atoms with Gasteiger partial charge in [0.15, 0.2) is 0 Å². The Hall–Kier alpha value is -2.16. The van der Waals surface area contributed by atoms with Gasteiger partial charge in [-0.15, -0.1) is 0 Å². The van der Waals surface area contributed by atoms with Crippen LogP contribution < -0.4 is 4.74 Å². The standard InChI is InChI=1S/C14H14O3/c1-17-13-6-7-14(16)11(9-13)8-10-2-4-12(15)5-3-10/h2-7,9,15-16H,8H2,1H3. The summed E-state index contributed by atoms with van der Waals surface area (Å²) in [7, 11) is 1.59. The van der Waals surface area contributed by atoms with Crippen LogP contribution in [0.15, 0.2) is 42.5 Å². The smallest absolute Gasteiger partial charge is 0.119 e. The van der Waals surface area contributed by atoms with Gasteiger partial charge in [-0.05, 0) is 35.9 Å². The van der Waals surface area contributed by atoms with Crippen molar-refractivity contribution in [3.8, 4) is 17.2 Å². The van der Waals surface area contributed by atoms with Gasteiger partial charge in [0.1, 0.15) is 17.2 Å². The first-order valence-electron chi connectivity index (χ1n) is 5.33. The van der Waals surface area contributed by atoms with Gasteiger partial charge in [0.25, 0.3) is 0 Å². The minimum Gasteiger partial charge on any atom is -0.508 e. The van der Waals surface area contributed by atoms with E-state index in [1.807, 2.05) is 18.2 Å². The molecular weight excluding hydrogens is 216 g/mol. The summed E-state index contributed by atoms with van der Waals surface area (Å²) in [6, 6.07) is 12.1. The van der Waals surface area contributed by atoms with Crippen molar-refractivity contribution in [1.82, 2.24) is 0 Å². The summed E-state index contributed by atoms with van der Waals surface area (Å²) in [6.45, 7) is 0. The molecular formula is C14H14O3. The highest BCUT2D eigenvalue weighted by atomic mass is 16.5. The van der Waals surface area contributed by atoms with Crippen LogP contribution in [-0.2, 0) is 6.42 Å². The molecule has 0 aliphatic carbocycles. The quantitative estimate of drug-likeness (QED) is 0.852. The molecule has 0 aromatic heterocycles. The Morgan fingerprint density at radius 1 is 1.00 bits per heavy atom. The second-order valence-electron chi connectivity index (χ2n) is 3.84. The Bertz CT molecular complexity index is 503. The van der Waals surface area contributed by atoms with Crippen LogP contribution in [0, 0.1) is 0 Å². The first-order valence-corrected chi connectivity index (χ1v) is 5.33. The predicted octanol–water partition coefficient (Wildman–Crippen LogP) is 2.70. The van der Waals surface area contributed by atoms with Crippen LogP contribution in [0.2, 0.25) is 0 Å². The minimum atomic E-state index is 0.239. The summed E-state index contributed by atoms with van der Waals surface area (Å²) < 4.78 is 5.12. The minimum absolute atomic E-state index is 0.239. The third kappa shape index (κ3) is 2.69. The first-order chi connectivity index (χ1) is 8.19. The summed E-state index contributed by atoms with van der Waals surface area (Å²) in [4.78, 5) is 0. The van der Waals surface area contributed by atoms with Gasteiger partial charge in [-0.25, -0.2) is 0 Å². The number of benzene rings is 2. The van der Waals surface area contributed by atoms with Crippen LogP contribution in [0.4, 0.5) is 0 Å². The maximum Gasteiger partial charge on any atom is 0.119 e. The third-order valence-corrected chi connectivity index (χ3v) is 2.62. The van der Waals surface area contributed by atoms with E-state index in [0.29, 0.717) is 6.42 Å². The van der Waals surface area contributed by atoms with Gasteiger partial charge in [-0.2, -0.15) is 0 Å². The summed E-state index contributed by atoms with van der Waals surface area (Å²) in [5.41, 5.74) is 1.82. The van der Waals surface area contributed by atoms with Gasteiger partial charge in [-0.1, -0.05) is 12.1 Å². The van der Waals surface area contributed by atoms with E-state index in [1.54, 1.807) is 31.4 Å². The number of hydrogen-bond donors (Lipinski definition) is 2. The summed E-state index contributed by atoms with van der Waals surface area (Å²) >= 11 is 0. The van der Waals surface area contributed by atoms with E-state index in [-0.39, 0.29) is 11.5 Å². The Balaban J connectivity index is 2.25. The number of phenols is 2. The SMILES string of the molecule is COc1ccc(O)c(Cc2ccc(O)cc2)c1. The lowest BCUT2D eigenvalue weighted by atomic mass is 10.0. The van der Waals surface area contributed by atoms with Crippen molar-refractivity contribution >= 4 is 0 Å². The first kappa shape index (κ1) is 11.3. The normalized spacial score (nSPS) is 10.2. The van der Waals surface area contributed by atoms with E-state index in [1.165, 1.54) is 0 Å². The molecule has 3 heteroatoms. The number of methoxy groups -OCH3 is 1. The molecule has 2 aromatic rings.